The third-order valence-corrected chi connectivity index (χ3v) is 9.09. The van der Waals surface area contributed by atoms with Gasteiger partial charge in [-0.3, -0.25) is 14.4 Å². The van der Waals surface area contributed by atoms with Gasteiger partial charge in [-0.1, -0.05) is 23.2 Å². The van der Waals surface area contributed by atoms with E-state index in [2.05, 4.69) is 0 Å². The second-order valence-corrected chi connectivity index (χ2v) is 13.7. The Morgan fingerprint density at radius 2 is 1.31 bits per heavy atom. The number of halogens is 3. The Balaban J connectivity index is 2.19. The fourth-order valence-corrected chi connectivity index (χ4v) is 6.53. The number of amides is 1. The summed E-state index contributed by atoms with van der Waals surface area (Å²) >= 11 is 18.2. The Hall–Kier alpha value is -2.78. The second-order valence-electron chi connectivity index (χ2n) is 8.74. The van der Waals surface area contributed by atoms with Gasteiger partial charge in [0.2, 0.25) is 25.8 Å². The van der Waals surface area contributed by atoms with Crippen LogP contribution in [0.2, 0.25) is 10.0 Å². The van der Waals surface area contributed by atoms with Crippen LogP contribution >= 0.6 is 34.8 Å². The molecule has 232 valence electrons. The zero-order valence-corrected chi connectivity index (χ0v) is 26.7. The van der Waals surface area contributed by atoms with Crippen molar-refractivity contribution in [1.29, 1.82) is 0 Å². The maximum Gasteiger partial charge on any atom is 0.303 e. The number of nitrogens with zero attached hydrogens (tertiary/aromatic N) is 1. The molecule has 12 nitrogen and oxygen atoms in total. The van der Waals surface area contributed by atoms with Gasteiger partial charge in [-0.25, -0.2) is 21.1 Å². The number of hydrogen-bond donors (Lipinski definition) is 0. The zero-order valence-electron chi connectivity index (χ0n) is 22.8. The van der Waals surface area contributed by atoms with Gasteiger partial charge in [-0.05, 0) is 36.4 Å². The van der Waals surface area contributed by atoms with Crippen molar-refractivity contribution in [2.45, 2.75) is 42.8 Å². The molecule has 0 saturated heterocycles. The third-order valence-electron chi connectivity index (χ3n) is 5.22. The van der Waals surface area contributed by atoms with Crippen LogP contribution in [-0.4, -0.2) is 83.1 Å². The Morgan fingerprint density at radius 1 is 0.810 bits per heavy atom. The lowest BCUT2D eigenvalue weighted by molar-refractivity contribution is -0.149. The third kappa shape index (κ3) is 10.2. The summed E-state index contributed by atoms with van der Waals surface area (Å²) in [5, 5.41) is -0.218. The lowest BCUT2D eigenvalue weighted by Crippen LogP contribution is -2.43. The molecule has 2 atom stereocenters. The molecule has 0 bridgehead atoms. The van der Waals surface area contributed by atoms with Gasteiger partial charge in [0.15, 0.2) is 11.9 Å². The molecule has 42 heavy (non-hydrogen) atoms. The summed E-state index contributed by atoms with van der Waals surface area (Å²) in [5.74, 6) is -1.96. The number of sulfonamides is 1. The molecule has 0 saturated carbocycles. The van der Waals surface area contributed by atoms with Crippen LogP contribution < -0.4 is 9.47 Å². The summed E-state index contributed by atoms with van der Waals surface area (Å²) in [6, 6.07) is 7.46. The zero-order chi connectivity index (χ0) is 31.8. The van der Waals surface area contributed by atoms with Crippen molar-refractivity contribution in [1.82, 2.24) is 4.31 Å². The molecule has 0 aliphatic heterocycles. The molecular formula is C25H28Cl3NO11S2. The predicted molar refractivity (Wildman–Crippen MR) is 153 cm³/mol. The molecule has 0 heterocycles. The Kier molecular flexibility index (Phi) is 12.7. The summed E-state index contributed by atoms with van der Waals surface area (Å²) in [7, 11) is -8.04. The van der Waals surface area contributed by atoms with Crippen molar-refractivity contribution < 1.29 is 50.2 Å². The van der Waals surface area contributed by atoms with Crippen LogP contribution in [0.5, 0.6) is 11.5 Å². The van der Waals surface area contributed by atoms with Crippen molar-refractivity contribution in [3.05, 3.63) is 46.4 Å². The van der Waals surface area contributed by atoms with E-state index in [1.165, 1.54) is 31.2 Å². The number of esters is 2. The first-order chi connectivity index (χ1) is 19.4. The molecule has 17 heteroatoms. The Morgan fingerprint density at radius 3 is 1.76 bits per heavy atom. The van der Waals surface area contributed by atoms with Gasteiger partial charge in [0.05, 0.1) is 38.5 Å². The SMILES string of the molecule is CC(=O)O[C@H](CCl)COc1c(Cl)cc(S(=O)(=O)c2ccc(OC[C@H](CN(C(C)=O)S(C)(=O)=O)OC(C)=O)cc2)cc1Cl. The van der Waals surface area contributed by atoms with Gasteiger partial charge in [0.1, 0.15) is 25.1 Å². The van der Waals surface area contributed by atoms with Crippen LogP contribution in [0.25, 0.3) is 0 Å². The summed E-state index contributed by atoms with van der Waals surface area (Å²) < 4.78 is 72.0. The first kappa shape index (κ1) is 35.4. The van der Waals surface area contributed by atoms with Crippen LogP contribution in [0.3, 0.4) is 0 Å². The fraction of sp³-hybridized carbons (Fsp3) is 0.400. The van der Waals surface area contributed by atoms with Gasteiger partial charge in [0.25, 0.3) is 0 Å². The van der Waals surface area contributed by atoms with E-state index in [0.29, 0.717) is 4.31 Å². The van der Waals surface area contributed by atoms with Gasteiger partial charge >= 0.3 is 11.9 Å². The standard InChI is InChI=1S/C25H28Cl3NO11S2/c1-15(30)29(41(4,33)34)12-20(40-17(3)32)14-37-18-5-7-21(8-6-18)42(35,36)22-9-23(27)25(24(28)10-22)38-13-19(11-26)39-16(2)31/h5-10,19-20H,11-14H2,1-4H3/t19-,20+/m1/s1. The molecule has 2 aromatic carbocycles. The molecule has 0 radical (unpaired) electrons. The number of sulfone groups is 1. The minimum absolute atomic E-state index is 0.0233. The van der Waals surface area contributed by atoms with E-state index in [-0.39, 0.29) is 50.4 Å². The average molecular weight is 689 g/mol. The largest absolute Gasteiger partial charge is 0.490 e. The highest BCUT2D eigenvalue weighted by Crippen LogP contribution is 2.37. The average Bonchev–Trinajstić information content (AvgIpc) is 2.87. The van der Waals surface area contributed by atoms with Crippen molar-refractivity contribution in [2.75, 3.05) is 31.9 Å². The monoisotopic (exact) mass is 687 g/mol. The van der Waals surface area contributed by atoms with Gasteiger partial charge in [0, 0.05) is 20.8 Å². The maximum atomic E-state index is 13.2. The number of carbonyl (C=O) groups excluding carboxylic acids is 3. The minimum Gasteiger partial charge on any atom is -0.490 e. The molecule has 0 unspecified atom stereocenters. The highest BCUT2D eigenvalue weighted by Gasteiger charge is 2.27. The van der Waals surface area contributed by atoms with Crippen molar-refractivity contribution in [3.8, 4) is 11.5 Å². The smallest absolute Gasteiger partial charge is 0.303 e. The molecule has 0 N–H and O–H groups in total. The highest BCUT2D eigenvalue weighted by atomic mass is 35.5. The molecule has 0 fully saturated rings. The first-order valence-corrected chi connectivity index (χ1v) is 16.6. The van der Waals surface area contributed by atoms with Crippen LogP contribution in [-0.2, 0) is 43.7 Å². The molecule has 0 aliphatic rings. The van der Waals surface area contributed by atoms with E-state index >= 15 is 0 Å². The van der Waals surface area contributed by atoms with E-state index in [4.69, 9.17) is 53.8 Å². The van der Waals surface area contributed by atoms with E-state index in [1.807, 2.05) is 0 Å². The summed E-state index contributed by atoms with van der Waals surface area (Å²) in [6.07, 6.45) is -1.08. The predicted octanol–water partition coefficient (Wildman–Crippen LogP) is 3.49. The number of alkyl halides is 1. The van der Waals surface area contributed by atoms with Gasteiger partial charge in [-0.15, -0.1) is 11.6 Å². The number of carbonyl (C=O) groups is 3. The van der Waals surface area contributed by atoms with Crippen LogP contribution in [0.4, 0.5) is 0 Å². The Bertz CT molecular complexity index is 1490. The second kappa shape index (κ2) is 15.1. The van der Waals surface area contributed by atoms with Crippen molar-refractivity contribution in [3.63, 3.8) is 0 Å². The number of benzene rings is 2. The molecule has 0 aliphatic carbocycles. The normalized spacial score (nSPS) is 13.0. The maximum absolute atomic E-state index is 13.2. The molecule has 2 aromatic rings. The number of rotatable bonds is 14. The quantitative estimate of drug-likeness (QED) is 0.211. The fourth-order valence-electron chi connectivity index (χ4n) is 3.43. The van der Waals surface area contributed by atoms with Gasteiger partial charge in [-0.2, -0.15) is 0 Å². The topological polar surface area (TPSA) is 160 Å². The van der Waals surface area contributed by atoms with Gasteiger partial charge < -0.3 is 18.9 Å². The minimum atomic E-state index is -4.11. The van der Waals surface area contributed by atoms with Crippen molar-refractivity contribution >= 4 is 72.5 Å². The van der Waals surface area contributed by atoms with Crippen LogP contribution in [0.1, 0.15) is 20.8 Å². The van der Waals surface area contributed by atoms with E-state index in [1.54, 1.807) is 0 Å². The number of ether oxygens (including phenoxy) is 4. The molecule has 1 amide bonds. The molecule has 2 rings (SSSR count). The molecule has 0 spiro atoms. The van der Waals surface area contributed by atoms with Crippen LogP contribution in [0.15, 0.2) is 46.2 Å². The van der Waals surface area contributed by atoms with Crippen LogP contribution in [0, 0.1) is 0 Å². The van der Waals surface area contributed by atoms with E-state index < -0.39 is 56.5 Å². The molecule has 0 aromatic heterocycles. The first-order valence-electron chi connectivity index (χ1n) is 11.9. The lowest BCUT2D eigenvalue weighted by Gasteiger charge is -2.24. The Labute approximate surface area is 258 Å². The molecular weight excluding hydrogens is 661 g/mol. The summed E-state index contributed by atoms with van der Waals surface area (Å²) in [6.45, 7) is 2.40. The highest BCUT2D eigenvalue weighted by molar-refractivity contribution is 7.91. The summed E-state index contributed by atoms with van der Waals surface area (Å²) in [4.78, 5) is 34.1. The van der Waals surface area contributed by atoms with Crippen molar-refractivity contribution in [2.24, 2.45) is 0 Å². The van der Waals surface area contributed by atoms with E-state index in [9.17, 15) is 31.2 Å². The summed E-state index contributed by atoms with van der Waals surface area (Å²) in [5.41, 5.74) is 0. The lowest BCUT2D eigenvalue weighted by atomic mass is 10.3. The number of hydrogen-bond acceptors (Lipinski definition) is 11. The van der Waals surface area contributed by atoms with E-state index in [0.717, 1.165) is 32.2 Å².